The number of aromatic nitrogens is 2. The number of carbonyl (C=O) groups is 1. The molecule has 1 aromatic carbocycles. The van der Waals surface area contributed by atoms with Crippen LogP contribution in [0.3, 0.4) is 0 Å². The van der Waals surface area contributed by atoms with Gasteiger partial charge in [-0.15, -0.1) is 11.6 Å². The fourth-order valence-corrected chi connectivity index (χ4v) is 2.87. The Morgan fingerprint density at radius 3 is 2.75 bits per heavy atom. The molecule has 6 heteroatoms. The van der Waals surface area contributed by atoms with Gasteiger partial charge in [-0.3, -0.25) is 4.79 Å². The highest BCUT2D eigenvalue weighted by molar-refractivity contribution is 6.31. The molecule has 2 rings (SSSR count). The summed E-state index contributed by atoms with van der Waals surface area (Å²) in [6.45, 7) is 3.93. The number of nitrogens with zero attached hydrogens (tertiary/aromatic N) is 2. The number of aryl methyl sites for hydroxylation is 1. The normalized spacial score (nSPS) is 12.0. The first-order valence-electron chi connectivity index (χ1n) is 6.37. The van der Waals surface area contributed by atoms with Gasteiger partial charge in [0.1, 0.15) is 5.82 Å². The lowest BCUT2D eigenvalue weighted by Gasteiger charge is -2.28. The maximum Gasteiger partial charge on any atom is 0.219 e. The highest BCUT2D eigenvalue weighted by Gasteiger charge is 2.27. The molecule has 1 heterocycles. The van der Waals surface area contributed by atoms with Gasteiger partial charge in [-0.1, -0.05) is 11.6 Å². The predicted octanol–water partition coefficient (Wildman–Crippen LogP) is 3.08. The first kappa shape index (κ1) is 15.1. The van der Waals surface area contributed by atoms with Crippen molar-refractivity contribution in [2.75, 3.05) is 5.88 Å². The topological polar surface area (TPSA) is 60.9 Å². The van der Waals surface area contributed by atoms with Crippen LogP contribution in [0.4, 0.5) is 0 Å². The van der Waals surface area contributed by atoms with E-state index < -0.39 is 5.54 Å². The van der Waals surface area contributed by atoms with E-state index in [0.29, 0.717) is 17.3 Å². The fraction of sp³-hybridized carbons (Fsp3) is 0.429. The molecule has 20 heavy (non-hydrogen) atoms. The van der Waals surface area contributed by atoms with Crippen molar-refractivity contribution in [2.24, 2.45) is 5.73 Å². The second kappa shape index (κ2) is 5.62. The van der Waals surface area contributed by atoms with Gasteiger partial charge in [-0.2, -0.15) is 0 Å². The molecule has 1 amide bonds. The molecule has 108 valence electrons. The SMILES string of the molecule is CC(C)(CC(N)=O)n1c(CCCl)nc2cc(Cl)ccc21. The van der Waals surface area contributed by atoms with Gasteiger partial charge >= 0.3 is 0 Å². The van der Waals surface area contributed by atoms with E-state index in [1.807, 2.05) is 36.6 Å². The number of primary amides is 1. The van der Waals surface area contributed by atoms with Crippen molar-refractivity contribution < 1.29 is 4.79 Å². The van der Waals surface area contributed by atoms with Crippen molar-refractivity contribution >= 4 is 40.1 Å². The van der Waals surface area contributed by atoms with Crippen molar-refractivity contribution in [1.29, 1.82) is 0 Å². The zero-order chi connectivity index (χ0) is 14.9. The molecular formula is C14H17Cl2N3O. The largest absolute Gasteiger partial charge is 0.370 e. The van der Waals surface area contributed by atoms with Crippen LogP contribution in [-0.2, 0) is 16.8 Å². The first-order chi connectivity index (χ1) is 9.35. The Balaban J connectivity index is 2.64. The minimum Gasteiger partial charge on any atom is -0.370 e. The van der Waals surface area contributed by atoms with Crippen LogP contribution in [0.15, 0.2) is 18.2 Å². The fourth-order valence-electron chi connectivity index (χ4n) is 2.54. The minimum absolute atomic E-state index is 0.233. The minimum atomic E-state index is -0.462. The molecule has 2 aromatic rings. The number of halogens is 2. The molecule has 1 aromatic heterocycles. The van der Waals surface area contributed by atoms with Crippen LogP contribution in [-0.4, -0.2) is 21.3 Å². The molecule has 0 radical (unpaired) electrons. The van der Waals surface area contributed by atoms with E-state index in [1.165, 1.54) is 0 Å². The van der Waals surface area contributed by atoms with E-state index in [-0.39, 0.29) is 12.3 Å². The van der Waals surface area contributed by atoms with Crippen LogP contribution in [0.1, 0.15) is 26.1 Å². The monoisotopic (exact) mass is 313 g/mol. The van der Waals surface area contributed by atoms with Gasteiger partial charge < -0.3 is 10.3 Å². The second-order valence-electron chi connectivity index (χ2n) is 5.39. The summed E-state index contributed by atoms with van der Waals surface area (Å²) in [5.74, 6) is 0.954. The molecule has 2 N–H and O–H groups in total. The van der Waals surface area contributed by atoms with E-state index in [0.717, 1.165) is 16.9 Å². The third kappa shape index (κ3) is 2.91. The summed E-state index contributed by atoms with van der Waals surface area (Å²) in [4.78, 5) is 15.9. The van der Waals surface area contributed by atoms with E-state index in [2.05, 4.69) is 4.98 Å². The summed E-state index contributed by atoms with van der Waals surface area (Å²) < 4.78 is 2.03. The molecule has 0 spiro atoms. The lowest BCUT2D eigenvalue weighted by Crippen LogP contribution is -2.33. The van der Waals surface area contributed by atoms with Gasteiger partial charge in [-0.25, -0.2) is 4.98 Å². The van der Waals surface area contributed by atoms with Gasteiger partial charge in [0, 0.05) is 29.3 Å². The van der Waals surface area contributed by atoms with E-state index in [4.69, 9.17) is 28.9 Å². The van der Waals surface area contributed by atoms with Crippen LogP contribution in [0.2, 0.25) is 5.02 Å². The number of hydrogen-bond donors (Lipinski definition) is 1. The quantitative estimate of drug-likeness (QED) is 0.862. The van der Waals surface area contributed by atoms with Gasteiger partial charge in [-0.05, 0) is 32.0 Å². The number of carbonyl (C=O) groups excluding carboxylic acids is 1. The van der Waals surface area contributed by atoms with Crippen molar-refractivity contribution in [3.63, 3.8) is 0 Å². The van der Waals surface area contributed by atoms with Gasteiger partial charge in [0.05, 0.1) is 11.0 Å². The van der Waals surface area contributed by atoms with E-state index >= 15 is 0 Å². The molecule has 0 aliphatic carbocycles. The highest BCUT2D eigenvalue weighted by atomic mass is 35.5. The maximum atomic E-state index is 11.3. The highest BCUT2D eigenvalue weighted by Crippen LogP contribution is 2.29. The summed E-state index contributed by atoms with van der Waals surface area (Å²) in [5, 5.41) is 0.632. The zero-order valence-corrected chi connectivity index (χ0v) is 13.0. The number of amides is 1. The number of nitrogens with two attached hydrogens (primary N) is 1. The number of imidazole rings is 1. The van der Waals surface area contributed by atoms with Crippen molar-refractivity contribution in [3.8, 4) is 0 Å². The molecule has 0 unspecified atom stereocenters. The van der Waals surface area contributed by atoms with Crippen LogP contribution in [0.25, 0.3) is 11.0 Å². The maximum absolute atomic E-state index is 11.3. The van der Waals surface area contributed by atoms with Crippen molar-refractivity contribution in [3.05, 3.63) is 29.0 Å². The first-order valence-corrected chi connectivity index (χ1v) is 7.28. The molecule has 0 aliphatic rings. The number of fused-ring (bicyclic) bond motifs is 1. The van der Waals surface area contributed by atoms with Crippen molar-refractivity contribution in [2.45, 2.75) is 32.2 Å². The third-order valence-corrected chi connectivity index (χ3v) is 3.64. The number of hydrogen-bond acceptors (Lipinski definition) is 2. The lowest BCUT2D eigenvalue weighted by atomic mass is 9.99. The molecule has 0 atom stereocenters. The van der Waals surface area contributed by atoms with Crippen molar-refractivity contribution in [1.82, 2.24) is 9.55 Å². The predicted molar refractivity (Wildman–Crippen MR) is 82.3 cm³/mol. The molecule has 0 saturated carbocycles. The standard InChI is InChI=1S/C14H17Cl2N3O/c1-14(2,8-12(17)20)19-11-4-3-9(16)7-10(11)18-13(19)5-6-15/h3-4,7H,5-6,8H2,1-2H3,(H2,17,20). The number of benzene rings is 1. The zero-order valence-electron chi connectivity index (χ0n) is 11.5. The third-order valence-electron chi connectivity index (χ3n) is 3.22. The average Bonchev–Trinajstić information content (AvgIpc) is 2.65. The molecule has 4 nitrogen and oxygen atoms in total. The second-order valence-corrected chi connectivity index (χ2v) is 6.21. The summed E-state index contributed by atoms with van der Waals surface area (Å²) in [6, 6.07) is 5.53. The Kier molecular flexibility index (Phi) is 4.25. The Bertz CT molecular complexity index is 649. The molecule has 0 aliphatic heterocycles. The summed E-state index contributed by atoms with van der Waals surface area (Å²) in [5.41, 5.74) is 6.63. The molecular weight excluding hydrogens is 297 g/mol. The van der Waals surface area contributed by atoms with Crippen LogP contribution in [0.5, 0.6) is 0 Å². The molecule has 0 saturated heterocycles. The van der Waals surface area contributed by atoms with E-state index in [9.17, 15) is 4.79 Å². The Morgan fingerprint density at radius 1 is 1.45 bits per heavy atom. The summed E-state index contributed by atoms with van der Waals surface area (Å²) in [6.07, 6.45) is 0.854. The Labute approximate surface area is 127 Å². The smallest absolute Gasteiger partial charge is 0.219 e. The van der Waals surface area contributed by atoms with E-state index in [1.54, 1.807) is 0 Å². The summed E-state index contributed by atoms with van der Waals surface area (Å²) >= 11 is 11.9. The number of rotatable bonds is 5. The van der Waals surface area contributed by atoms with Crippen LogP contribution in [0, 0.1) is 0 Å². The van der Waals surface area contributed by atoms with Gasteiger partial charge in [0.2, 0.25) is 5.91 Å². The van der Waals surface area contributed by atoms with Crippen LogP contribution < -0.4 is 5.73 Å². The lowest BCUT2D eigenvalue weighted by molar-refractivity contribution is -0.119. The summed E-state index contributed by atoms with van der Waals surface area (Å²) in [7, 11) is 0. The molecule has 0 bridgehead atoms. The Hall–Kier alpha value is -1.26. The molecule has 0 fully saturated rings. The number of alkyl halides is 1. The van der Waals surface area contributed by atoms with Crippen LogP contribution >= 0.6 is 23.2 Å². The average molecular weight is 314 g/mol. The van der Waals surface area contributed by atoms with Gasteiger partial charge in [0.25, 0.3) is 0 Å². The van der Waals surface area contributed by atoms with Gasteiger partial charge in [0.15, 0.2) is 0 Å². The Morgan fingerprint density at radius 2 is 2.15 bits per heavy atom.